The lowest BCUT2D eigenvalue weighted by molar-refractivity contribution is 0.537. The Morgan fingerprint density at radius 2 is 2.16 bits per heavy atom. The van der Waals surface area contributed by atoms with E-state index in [9.17, 15) is 0 Å². The summed E-state index contributed by atoms with van der Waals surface area (Å²) in [5.41, 5.74) is 5.28. The zero-order valence-electron chi connectivity index (χ0n) is 11.8. The van der Waals surface area contributed by atoms with Crippen molar-refractivity contribution in [2.75, 3.05) is 0 Å². The molecule has 2 heterocycles. The Balaban J connectivity index is 2.16. The van der Waals surface area contributed by atoms with Gasteiger partial charge in [-0.2, -0.15) is 5.10 Å². The molecule has 0 aromatic carbocycles. The van der Waals surface area contributed by atoms with Gasteiger partial charge in [0.2, 0.25) is 0 Å². The van der Waals surface area contributed by atoms with Gasteiger partial charge in [-0.1, -0.05) is 13.8 Å². The Morgan fingerprint density at radius 3 is 2.68 bits per heavy atom. The highest BCUT2D eigenvalue weighted by molar-refractivity contribution is 7.12. The highest BCUT2D eigenvalue weighted by Gasteiger charge is 2.15. The first kappa shape index (κ1) is 14.2. The van der Waals surface area contributed by atoms with Crippen LogP contribution in [0.3, 0.4) is 0 Å². The molecule has 0 aliphatic heterocycles. The molecular formula is C14H22N4S. The number of aromatic nitrogens is 2. The van der Waals surface area contributed by atoms with Crippen molar-refractivity contribution in [3.63, 3.8) is 0 Å². The van der Waals surface area contributed by atoms with Crippen LogP contribution in [0.5, 0.6) is 0 Å². The van der Waals surface area contributed by atoms with Gasteiger partial charge >= 0.3 is 0 Å². The lowest BCUT2D eigenvalue weighted by Gasteiger charge is -2.14. The number of rotatable bonds is 6. The third kappa shape index (κ3) is 3.23. The lowest BCUT2D eigenvalue weighted by atomic mass is 10.1. The van der Waals surface area contributed by atoms with Crippen molar-refractivity contribution in [2.45, 2.75) is 39.2 Å². The average molecular weight is 278 g/mol. The van der Waals surface area contributed by atoms with Crippen LogP contribution in [0.1, 0.15) is 41.0 Å². The van der Waals surface area contributed by atoms with Gasteiger partial charge in [0.05, 0.1) is 11.7 Å². The molecule has 1 unspecified atom stereocenters. The number of hydrazine groups is 1. The normalized spacial score (nSPS) is 12.8. The highest BCUT2D eigenvalue weighted by Crippen LogP contribution is 2.26. The van der Waals surface area contributed by atoms with E-state index in [2.05, 4.69) is 42.6 Å². The Bertz CT molecular complexity index is 529. The Labute approximate surface area is 118 Å². The summed E-state index contributed by atoms with van der Waals surface area (Å²) in [5, 5.41) is 4.48. The molecule has 19 heavy (non-hydrogen) atoms. The van der Waals surface area contributed by atoms with Crippen molar-refractivity contribution in [3.05, 3.63) is 39.3 Å². The van der Waals surface area contributed by atoms with Crippen LogP contribution in [-0.2, 0) is 26.3 Å². The Morgan fingerprint density at radius 1 is 1.37 bits per heavy atom. The first-order chi connectivity index (χ1) is 9.17. The number of thiophene rings is 1. The fourth-order valence-electron chi connectivity index (χ4n) is 2.16. The molecule has 2 aromatic rings. The summed E-state index contributed by atoms with van der Waals surface area (Å²) in [6.07, 6.45) is 2.91. The fourth-order valence-corrected chi connectivity index (χ4v) is 3.17. The average Bonchev–Trinajstić information content (AvgIpc) is 3.02. The molecule has 1 atom stereocenters. The largest absolute Gasteiger partial charge is 0.272 e. The van der Waals surface area contributed by atoms with E-state index in [-0.39, 0.29) is 6.04 Å². The van der Waals surface area contributed by atoms with Crippen molar-refractivity contribution in [2.24, 2.45) is 12.9 Å². The molecule has 2 aromatic heterocycles. The number of aryl methyl sites for hydroxylation is 3. The molecule has 4 nitrogen and oxygen atoms in total. The summed E-state index contributed by atoms with van der Waals surface area (Å²) in [5.74, 6) is 5.72. The molecule has 0 saturated heterocycles. The molecular weight excluding hydrogens is 256 g/mol. The second-order valence-electron chi connectivity index (χ2n) is 4.69. The maximum atomic E-state index is 5.72. The summed E-state index contributed by atoms with van der Waals surface area (Å²) >= 11 is 1.83. The van der Waals surface area contributed by atoms with Crippen molar-refractivity contribution < 1.29 is 0 Å². The van der Waals surface area contributed by atoms with Gasteiger partial charge in [-0.05, 0) is 31.0 Å². The zero-order valence-corrected chi connectivity index (χ0v) is 12.6. The van der Waals surface area contributed by atoms with Crippen LogP contribution in [0.2, 0.25) is 0 Å². The molecule has 0 aliphatic rings. The Hall–Kier alpha value is -1.17. The molecule has 0 aliphatic carbocycles. The van der Waals surface area contributed by atoms with Crippen LogP contribution in [0.15, 0.2) is 18.2 Å². The number of nitrogens with zero attached hydrogens (tertiary/aromatic N) is 2. The van der Waals surface area contributed by atoms with Gasteiger partial charge in [-0.25, -0.2) is 0 Å². The molecule has 0 saturated carbocycles. The fraction of sp³-hybridized carbons (Fsp3) is 0.500. The topological polar surface area (TPSA) is 55.9 Å². The lowest BCUT2D eigenvalue weighted by Crippen LogP contribution is -2.29. The van der Waals surface area contributed by atoms with Crippen molar-refractivity contribution >= 4 is 11.3 Å². The maximum Gasteiger partial charge on any atom is 0.0624 e. The molecule has 5 heteroatoms. The van der Waals surface area contributed by atoms with Crippen molar-refractivity contribution in [3.8, 4) is 0 Å². The first-order valence-corrected chi connectivity index (χ1v) is 7.56. The minimum Gasteiger partial charge on any atom is -0.272 e. The number of nitrogens with one attached hydrogen (secondary N) is 1. The molecule has 0 amide bonds. The van der Waals surface area contributed by atoms with Gasteiger partial charge in [0.25, 0.3) is 0 Å². The SMILES string of the molecule is CCc1cc(CC(NN)c2ccc(CC)s2)n(C)n1. The quantitative estimate of drug-likeness (QED) is 0.630. The van der Waals surface area contributed by atoms with Crippen molar-refractivity contribution in [1.29, 1.82) is 0 Å². The summed E-state index contributed by atoms with van der Waals surface area (Å²) in [6, 6.07) is 6.68. The molecule has 3 N–H and O–H groups in total. The van der Waals surface area contributed by atoms with E-state index in [1.54, 1.807) is 0 Å². The van der Waals surface area contributed by atoms with E-state index in [4.69, 9.17) is 5.84 Å². The third-order valence-corrected chi connectivity index (χ3v) is 4.72. The van der Waals surface area contributed by atoms with Crippen LogP contribution < -0.4 is 11.3 Å². The van der Waals surface area contributed by atoms with Gasteiger partial charge in [0.1, 0.15) is 0 Å². The standard InChI is InChI=1S/C14H22N4S/c1-4-10-8-11(18(3)17-10)9-13(16-15)14-7-6-12(5-2)19-14/h6-8,13,16H,4-5,9,15H2,1-3H3. The first-order valence-electron chi connectivity index (χ1n) is 6.74. The second kappa shape index (κ2) is 6.32. The number of nitrogens with two attached hydrogens (primary N) is 1. The number of hydrogen-bond acceptors (Lipinski definition) is 4. The van der Waals surface area contributed by atoms with Crippen LogP contribution in [0.4, 0.5) is 0 Å². The zero-order chi connectivity index (χ0) is 13.8. The van der Waals surface area contributed by atoms with Gasteiger partial charge in [0.15, 0.2) is 0 Å². The highest BCUT2D eigenvalue weighted by atomic mass is 32.1. The summed E-state index contributed by atoms with van der Waals surface area (Å²) in [4.78, 5) is 2.69. The predicted octanol–water partition coefficient (Wildman–Crippen LogP) is 2.35. The molecule has 0 bridgehead atoms. The minimum atomic E-state index is 0.158. The van der Waals surface area contributed by atoms with Crippen LogP contribution in [0.25, 0.3) is 0 Å². The molecule has 2 rings (SSSR count). The van der Waals surface area contributed by atoms with E-state index in [0.717, 1.165) is 25.0 Å². The predicted molar refractivity (Wildman–Crippen MR) is 80.1 cm³/mol. The minimum absolute atomic E-state index is 0.158. The molecule has 0 fully saturated rings. The number of hydrogen-bond donors (Lipinski definition) is 2. The second-order valence-corrected chi connectivity index (χ2v) is 5.89. The van der Waals surface area contributed by atoms with Gasteiger partial charge in [-0.3, -0.25) is 16.0 Å². The molecule has 104 valence electrons. The van der Waals surface area contributed by atoms with Crippen molar-refractivity contribution in [1.82, 2.24) is 15.2 Å². The van der Waals surface area contributed by atoms with E-state index >= 15 is 0 Å². The third-order valence-electron chi connectivity index (χ3n) is 3.38. The Kier molecular flexibility index (Phi) is 4.74. The van der Waals surface area contributed by atoms with E-state index in [1.165, 1.54) is 15.4 Å². The van der Waals surface area contributed by atoms with Crippen LogP contribution >= 0.6 is 11.3 Å². The summed E-state index contributed by atoms with van der Waals surface area (Å²) < 4.78 is 1.96. The van der Waals surface area contributed by atoms with Crippen LogP contribution in [0, 0.1) is 0 Å². The molecule has 0 radical (unpaired) electrons. The smallest absolute Gasteiger partial charge is 0.0624 e. The van der Waals surface area contributed by atoms with Crippen LogP contribution in [-0.4, -0.2) is 9.78 Å². The monoisotopic (exact) mass is 278 g/mol. The van der Waals surface area contributed by atoms with Gasteiger partial charge < -0.3 is 0 Å². The van der Waals surface area contributed by atoms with E-state index in [0.29, 0.717) is 0 Å². The molecule has 0 spiro atoms. The van der Waals surface area contributed by atoms with E-state index in [1.807, 2.05) is 23.1 Å². The van der Waals surface area contributed by atoms with Gasteiger partial charge in [0, 0.05) is 28.9 Å². The van der Waals surface area contributed by atoms with Gasteiger partial charge in [-0.15, -0.1) is 11.3 Å². The van der Waals surface area contributed by atoms with E-state index < -0.39 is 0 Å². The summed E-state index contributed by atoms with van der Waals surface area (Å²) in [6.45, 7) is 4.30. The summed E-state index contributed by atoms with van der Waals surface area (Å²) in [7, 11) is 1.99. The maximum absolute atomic E-state index is 5.72.